The molecular weight excluding hydrogens is 490 g/mol. The number of nitrogens with zero attached hydrogens (tertiary/aromatic N) is 2. The first-order valence-corrected chi connectivity index (χ1v) is 13.6. The van der Waals surface area contributed by atoms with Crippen molar-refractivity contribution < 1.29 is 22.7 Å². The van der Waals surface area contributed by atoms with E-state index in [1.54, 1.807) is 49.4 Å². The zero-order valence-electron chi connectivity index (χ0n) is 21.0. The quantitative estimate of drug-likeness (QED) is 0.484. The number of ether oxygens (including phenoxy) is 1. The molecular formula is C25H34ClN3O5S. The zero-order chi connectivity index (χ0) is 26.3. The maximum absolute atomic E-state index is 13.6. The molecule has 0 aliphatic carbocycles. The van der Waals surface area contributed by atoms with Gasteiger partial charge in [0, 0.05) is 17.6 Å². The molecule has 0 aliphatic rings. The molecule has 2 aromatic carbocycles. The number of nitrogens with one attached hydrogen (secondary N) is 1. The number of carbonyl (C=O) groups is 2. The largest absolute Gasteiger partial charge is 0.495 e. The number of methoxy groups -OCH3 is 1. The summed E-state index contributed by atoms with van der Waals surface area (Å²) >= 11 is 6.13. The third-order valence-electron chi connectivity index (χ3n) is 5.69. The number of anilines is 1. The molecule has 0 saturated carbocycles. The highest BCUT2D eigenvalue weighted by molar-refractivity contribution is 7.92. The number of aryl methyl sites for hydroxylation is 1. The first kappa shape index (κ1) is 28.5. The second-order valence-corrected chi connectivity index (χ2v) is 10.9. The van der Waals surface area contributed by atoms with Gasteiger partial charge >= 0.3 is 0 Å². The Labute approximate surface area is 213 Å². The van der Waals surface area contributed by atoms with Gasteiger partial charge in [-0.05, 0) is 62.6 Å². The Balaban J connectivity index is 2.46. The van der Waals surface area contributed by atoms with Gasteiger partial charge in [0.15, 0.2) is 0 Å². The maximum atomic E-state index is 13.6. The number of benzene rings is 2. The Bertz CT molecular complexity index is 1160. The van der Waals surface area contributed by atoms with E-state index in [1.165, 1.54) is 12.0 Å². The molecule has 0 radical (unpaired) electrons. The van der Waals surface area contributed by atoms with Gasteiger partial charge in [-0.2, -0.15) is 0 Å². The second-order valence-electron chi connectivity index (χ2n) is 8.59. The third kappa shape index (κ3) is 7.86. The van der Waals surface area contributed by atoms with Crippen LogP contribution in [0.5, 0.6) is 5.75 Å². The van der Waals surface area contributed by atoms with Crippen LogP contribution in [-0.4, -0.2) is 57.1 Å². The van der Waals surface area contributed by atoms with E-state index in [2.05, 4.69) is 5.32 Å². The van der Waals surface area contributed by atoms with Gasteiger partial charge in [-0.25, -0.2) is 8.42 Å². The lowest BCUT2D eigenvalue weighted by Gasteiger charge is -2.32. The van der Waals surface area contributed by atoms with Crippen molar-refractivity contribution in [3.63, 3.8) is 0 Å². The number of sulfonamides is 1. The lowest BCUT2D eigenvalue weighted by atomic mass is 10.1. The van der Waals surface area contributed by atoms with Crippen molar-refractivity contribution in [3.05, 3.63) is 58.6 Å². The highest BCUT2D eigenvalue weighted by atomic mass is 35.5. The maximum Gasteiger partial charge on any atom is 0.244 e. The van der Waals surface area contributed by atoms with Crippen LogP contribution < -0.4 is 14.4 Å². The van der Waals surface area contributed by atoms with E-state index < -0.39 is 28.5 Å². The molecule has 2 rings (SSSR count). The fraction of sp³-hybridized carbons (Fsp3) is 0.440. The lowest BCUT2D eigenvalue weighted by Crippen LogP contribution is -2.52. The summed E-state index contributed by atoms with van der Waals surface area (Å²) in [6, 6.07) is 11.1. The van der Waals surface area contributed by atoms with E-state index in [0.717, 1.165) is 22.5 Å². The number of hydrogen-bond donors (Lipinski definition) is 1. The predicted molar refractivity (Wildman–Crippen MR) is 139 cm³/mol. The topological polar surface area (TPSA) is 96.0 Å². The molecule has 8 nitrogen and oxygen atoms in total. The third-order valence-corrected chi connectivity index (χ3v) is 7.05. The number of rotatable bonds is 11. The molecule has 0 saturated heterocycles. The molecule has 0 bridgehead atoms. The molecule has 0 aliphatic heterocycles. The van der Waals surface area contributed by atoms with Crippen LogP contribution in [0.25, 0.3) is 0 Å². The summed E-state index contributed by atoms with van der Waals surface area (Å²) in [6.07, 6.45) is 1.76. The molecule has 0 spiro atoms. The summed E-state index contributed by atoms with van der Waals surface area (Å²) < 4.78 is 31.9. The summed E-state index contributed by atoms with van der Waals surface area (Å²) in [7, 11) is -2.43. The summed E-state index contributed by atoms with van der Waals surface area (Å²) in [5.74, 6) is -0.544. The smallest absolute Gasteiger partial charge is 0.244 e. The fourth-order valence-electron chi connectivity index (χ4n) is 3.47. The Morgan fingerprint density at radius 2 is 1.83 bits per heavy atom. The van der Waals surface area contributed by atoms with Crippen LogP contribution in [-0.2, 0) is 26.2 Å². The summed E-state index contributed by atoms with van der Waals surface area (Å²) in [4.78, 5) is 27.9. The predicted octanol–water partition coefficient (Wildman–Crippen LogP) is 3.76. The van der Waals surface area contributed by atoms with Crippen LogP contribution >= 0.6 is 11.6 Å². The van der Waals surface area contributed by atoms with E-state index in [0.29, 0.717) is 16.3 Å². The fourth-order valence-corrected chi connectivity index (χ4v) is 4.53. The van der Waals surface area contributed by atoms with Gasteiger partial charge in [0.2, 0.25) is 21.8 Å². The minimum Gasteiger partial charge on any atom is -0.495 e. The van der Waals surface area contributed by atoms with E-state index >= 15 is 0 Å². The van der Waals surface area contributed by atoms with Crippen LogP contribution in [0.3, 0.4) is 0 Å². The first-order valence-electron chi connectivity index (χ1n) is 11.3. The second kappa shape index (κ2) is 12.3. The molecule has 0 aromatic heterocycles. The van der Waals surface area contributed by atoms with Crippen molar-refractivity contribution in [3.8, 4) is 5.75 Å². The number of carbonyl (C=O) groups excluding carboxylic acids is 2. The van der Waals surface area contributed by atoms with Gasteiger partial charge in [-0.1, -0.05) is 36.7 Å². The lowest BCUT2D eigenvalue weighted by molar-refractivity contribution is -0.139. The van der Waals surface area contributed by atoms with Crippen molar-refractivity contribution >= 4 is 39.1 Å². The van der Waals surface area contributed by atoms with E-state index in [4.69, 9.17) is 16.3 Å². The summed E-state index contributed by atoms with van der Waals surface area (Å²) in [5, 5.41) is 3.39. The molecule has 0 fully saturated rings. The van der Waals surface area contributed by atoms with Crippen LogP contribution in [0.1, 0.15) is 38.3 Å². The molecule has 10 heteroatoms. The monoisotopic (exact) mass is 523 g/mol. The summed E-state index contributed by atoms with van der Waals surface area (Å²) in [5.41, 5.74) is 1.77. The van der Waals surface area contributed by atoms with Crippen LogP contribution in [0.4, 0.5) is 5.69 Å². The van der Waals surface area contributed by atoms with E-state index in [1.807, 2.05) is 20.8 Å². The molecule has 35 heavy (non-hydrogen) atoms. The van der Waals surface area contributed by atoms with Gasteiger partial charge < -0.3 is 15.0 Å². The number of hydrogen-bond acceptors (Lipinski definition) is 5. The standard InChI is InChI=1S/C25H34ClN3O5S/c1-7-18(3)27-25(31)19(4)28(15-20-9-8-10-21(26)14-20)24(30)16-29(35(6,32)33)22-13-17(2)11-12-23(22)34-5/h8-14,18-19H,7,15-16H2,1-6H3,(H,27,31)/t18-,19-/m0/s1. The molecule has 2 aromatic rings. The van der Waals surface area contributed by atoms with E-state index in [9.17, 15) is 18.0 Å². The molecule has 0 unspecified atom stereocenters. The van der Waals surface area contributed by atoms with Crippen LogP contribution in [0, 0.1) is 6.92 Å². The van der Waals surface area contributed by atoms with Gasteiger partial charge in [0.25, 0.3) is 0 Å². The van der Waals surface area contributed by atoms with Crippen molar-refractivity contribution in [1.29, 1.82) is 0 Å². The Kier molecular flexibility index (Phi) is 9.97. The summed E-state index contributed by atoms with van der Waals surface area (Å²) in [6.45, 7) is 6.85. The van der Waals surface area contributed by atoms with Crippen LogP contribution in [0.2, 0.25) is 5.02 Å². The van der Waals surface area contributed by atoms with Crippen molar-refractivity contribution in [2.45, 2.75) is 52.7 Å². The highest BCUT2D eigenvalue weighted by Gasteiger charge is 2.31. The van der Waals surface area contributed by atoms with Crippen molar-refractivity contribution in [2.75, 3.05) is 24.2 Å². The normalized spacial score (nSPS) is 13.0. The average Bonchev–Trinajstić information content (AvgIpc) is 2.79. The minimum absolute atomic E-state index is 0.0721. The molecule has 1 N–H and O–H groups in total. The van der Waals surface area contributed by atoms with Crippen molar-refractivity contribution in [2.24, 2.45) is 0 Å². The molecule has 192 valence electrons. The number of halogens is 1. The minimum atomic E-state index is -3.86. The van der Waals surface area contributed by atoms with Gasteiger partial charge in [-0.15, -0.1) is 0 Å². The zero-order valence-corrected chi connectivity index (χ0v) is 22.6. The highest BCUT2D eigenvalue weighted by Crippen LogP contribution is 2.31. The van der Waals surface area contributed by atoms with Crippen LogP contribution in [0.15, 0.2) is 42.5 Å². The van der Waals surface area contributed by atoms with Gasteiger partial charge in [0.1, 0.15) is 18.3 Å². The SMILES string of the molecule is CC[C@H](C)NC(=O)[C@H](C)N(Cc1cccc(Cl)c1)C(=O)CN(c1cc(C)ccc1OC)S(C)(=O)=O. The Morgan fingerprint density at radius 1 is 1.14 bits per heavy atom. The average molecular weight is 524 g/mol. The van der Waals surface area contributed by atoms with Gasteiger partial charge in [0.05, 0.1) is 19.1 Å². The molecule has 2 amide bonds. The van der Waals surface area contributed by atoms with Crippen molar-refractivity contribution in [1.82, 2.24) is 10.2 Å². The van der Waals surface area contributed by atoms with Gasteiger partial charge in [-0.3, -0.25) is 13.9 Å². The molecule has 2 atom stereocenters. The number of amides is 2. The molecule has 0 heterocycles. The van der Waals surface area contributed by atoms with E-state index in [-0.39, 0.29) is 24.2 Å². The first-order chi connectivity index (χ1) is 16.4. The Morgan fingerprint density at radius 3 is 2.40 bits per heavy atom. The Hall–Kier alpha value is -2.78.